The van der Waals surface area contributed by atoms with Crippen molar-refractivity contribution in [3.8, 4) is 0 Å². The third-order valence-electron chi connectivity index (χ3n) is 4.48. The van der Waals surface area contributed by atoms with Crippen LogP contribution in [0.4, 0.5) is 0 Å². The van der Waals surface area contributed by atoms with E-state index >= 15 is 0 Å². The fourth-order valence-corrected chi connectivity index (χ4v) is 3.02. The van der Waals surface area contributed by atoms with Gasteiger partial charge < -0.3 is 14.6 Å². The molecule has 6 nitrogen and oxygen atoms in total. The zero-order valence-corrected chi connectivity index (χ0v) is 13.4. The van der Waals surface area contributed by atoms with Crippen LogP contribution in [0.25, 0.3) is 0 Å². The van der Waals surface area contributed by atoms with E-state index < -0.39 is 5.97 Å². The Balaban J connectivity index is 1.53. The molecule has 3 rings (SSSR count). The lowest BCUT2D eigenvalue weighted by molar-refractivity contribution is -0.143. The van der Waals surface area contributed by atoms with E-state index in [0.29, 0.717) is 31.7 Å². The van der Waals surface area contributed by atoms with E-state index in [9.17, 15) is 9.59 Å². The summed E-state index contributed by atoms with van der Waals surface area (Å²) in [6.45, 7) is 1.43. The number of ether oxygens (including phenoxy) is 2. The highest BCUT2D eigenvalue weighted by molar-refractivity contribution is 5.95. The second kappa shape index (κ2) is 7.49. The second-order valence-electron chi connectivity index (χ2n) is 6.17. The molecule has 1 fully saturated rings. The van der Waals surface area contributed by atoms with Gasteiger partial charge in [0, 0.05) is 0 Å². The summed E-state index contributed by atoms with van der Waals surface area (Å²) in [7, 11) is 0. The van der Waals surface area contributed by atoms with Crippen LogP contribution in [0.2, 0.25) is 0 Å². The summed E-state index contributed by atoms with van der Waals surface area (Å²) in [6.07, 6.45) is 11.8. The smallest absolute Gasteiger partial charge is 0.306 e. The molecule has 0 aromatic rings. The monoisotopic (exact) mass is 331 g/mol. The van der Waals surface area contributed by atoms with Crippen molar-refractivity contribution in [1.29, 1.82) is 0 Å². The highest BCUT2D eigenvalue weighted by Crippen LogP contribution is 2.26. The molecule has 0 unspecified atom stereocenters. The van der Waals surface area contributed by atoms with Crippen LogP contribution >= 0.6 is 0 Å². The van der Waals surface area contributed by atoms with Crippen LogP contribution in [0.5, 0.6) is 0 Å². The van der Waals surface area contributed by atoms with E-state index in [2.05, 4.69) is 6.08 Å². The van der Waals surface area contributed by atoms with Gasteiger partial charge >= 0.3 is 5.97 Å². The number of rotatable bonds is 5. The second-order valence-corrected chi connectivity index (χ2v) is 6.17. The van der Waals surface area contributed by atoms with E-state index in [1.807, 2.05) is 17.1 Å². The third kappa shape index (κ3) is 3.94. The molecule has 6 heteroatoms. The van der Waals surface area contributed by atoms with Gasteiger partial charge in [-0.2, -0.15) is 0 Å². The Morgan fingerprint density at radius 3 is 2.71 bits per heavy atom. The van der Waals surface area contributed by atoms with Gasteiger partial charge in [-0.3, -0.25) is 14.5 Å². The minimum Gasteiger partial charge on any atom is -0.481 e. The number of carboxylic acids is 1. The maximum absolute atomic E-state index is 12.4. The first kappa shape index (κ1) is 16.5. The molecule has 0 atom stereocenters. The van der Waals surface area contributed by atoms with Gasteiger partial charge in [-0.15, -0.1) is 0 Å². The molecule has 1 aliphatic carbocycles. The number of allylic oxidation sites excluding steroid dienone is 4. The molecule has 2 heterocycles. The Labute approximate surface area is 140 Å². The minimum absolute atomic E-state index is 0.152. The van der Waals surface area contributed by atoms with Crippen molar-refractivity contribution in [3.63, 3.8) is 0 Å². The van der Waals surface area contributed by atoms with Crippen molar-refractivity contribution in [3.05, 3.63) is 47.8 Å². The third-order valence-corrected chi connectivity index (χ3v) is 4.48. The quantitative estimate of drug-likeness (QED) is 0.833. The summed E-state index contributed by atoms with van der Waals surface area (Å²) in [6, 6.07) is 0. The average Bonchev–Trinajstić information content (AvgIpc) is 2.63. The molecular weight excluding hydrogens is 310 g/mol. The molecule has 2 aliphatic heterocycles. The lowest BCUT2D eigenvalue weighted by Gasteiger charge is -2.29. The molecule has 0 amide bonds. The molecule has 1 saturated heterocycles. The van der Waals surface area contributed by atoms with E-state index in [4.69, 9.17) is 14.6 Å². The van der Waals surface area contributed by atoms with Crippen molar-refractivity contribution in [2.24, 2.45) is 5.92 Å². The average molecular weight is 331 g/mol. The number of ketones is 1. The number of piperidine rings is 1. The van der Waals surface area contributed by atoms with E-state index in [1.54, 1.807) is 0 Å². The zero-order chi connectivity index (χ0) is 16.9. The van der Waals surface area contributed by atoms with Gasteiger partial charge in [0.25, 0.3) is 0 Å². The highest BCUT2D eigenvalue weighted by Gasteiger charge is 2.27. The van der Waals surface area contributed by atoms with E-state index in [0.717, 1.165) is 18.4 Å². The van der Waals surface area contributed by atoms with Crippen LogP contribution in [0, 0.1) is 5.92 Å². The molecule has 0 aromatic carbocycles. The lowest BCUT2D eigenvalue weighted by atomic mass is 9.97. The molecular formula is C18H21NO5. The minimum atomic E-state index is -0.753. The number of carboxylic acid groups (broad SMARTS) is 1. The topological polar surface area (TPSA) is 76.1 Å². The molecule has 0 radical (unpaired) electrons. The molecule has 1 N–H and O–H groups in total. The van der Waals surface area contributed by atoms with Crippen LogP contribution in [0.15, 0.2) is 47.8 Å². The Hall–Kier alpha value is -2.34. The number of Topliss-reactive ketones (excluding diaryl/α,β-unsaturated/α-hetero) is 1. The van der Waals surface area contributed by atoms with Gasteiger partial charge in [-0.05, 0) is 44.3 Å². The molecule has 0 aromatic heterocycles. The van der Waals surface area contributed by atoms with Gasteiger partial charge in [0.15, 0.2) is 5.76 Å². The lowest BCUT2D eigenvalue weighted by Crippen LogP contribution is -2.39. The number of carbonyl (C=O) groups excluding carboxylic acids is 1. The van der Waals surface area contributed by atoms with Gasteiger partial charge in [-0.1, -0.05) is 18.2 Å². The van der Waals surface area contributed by atoms with Crippen molar-refractivity contribution >= 4 is 11.8 Å². The Bertz CT molecular complexity index is 636. The van der Waals surface area contributed by atoms with Crippen LogP contribution in [0.1, 0.15) is 25.7 Å². The first-order valence-electron chi connectivity index (χ1n) is 8.21. The predicted octanol–water partition coefficient (Wildman–Crippen LogP) is 2.36. The van der Waals surface area contributed by atoms with E-state index in [1.165, 1.54) is 12.5 Å². The van der Waals surface area contributed by atoms with Gasteiger partial charge in [-0.25, -0.2) is 0 Å². The largest absolute Gasteiger partial charge is 0.481 e. The summed E-state index contributed by atoms with van der Waals surface area (Å²) >= 11 is 0. The molecule has 24 heavy (non-hydrogen) atoms. The first-order valence-corrected chi connectivity index (χ1v) is 8.21. The molecule has 0 spiro atoms. The maximum Gasteiger partial charge on any atom is 0.306 e. The van der Waals surface area contributed by atoms with Crippen molar-refractivity contribution in [2.45, 2.75) is 25.7 Å². The van der Waals surface area contributed by atoms with Crippen LogP contribution < -0.4 is 0 Å². The van der Waals surface area contributed by atoms with Crippen LogP contribution in [0.3, 0.4) is 0 Å². The number of hydrogen-bond donors (Lipinski definition) is 1. The standard InChI is InChI=1S/C18H21NO5/c20-15(10-19-8-6-14(7-9-19)18(21)22)17-12-23-11-16(24-17)13-4-2-1-3-5-13/h1-2,4,11-12,14H,3,5-10H2,(H,21,22). The maximum atomic E-state index is 12.4. The van der Waals surface area contributed by atoms with Crippen molar-refractivity contribution in [2.75, 3.05) is 19.6 Å². The fraction of sp³-hybridized carbons (Fsp3) is 0.444. The van der Waals surface area contributed by atoms with E-state index in [-0.39, 0.29) is 24.0 Å². The van der Waals surface area contributed by atoms with Crippen LogP contribution in [-0.4, -0.2) is 41.4 Å². The first-order chi connectivity index (χ1) is 11.6. The van der Waals surface area contributed by atoms with Crippen LogP contribution in [-0.2, 0) is 19.1 Å². The van der Waals surface area contributed by atoms with Crippen molar-refractivity contribution in [1.82, 2.24) is 4.90 Å². The number of likely N-dealkylation sites (tertiary alicyclic amines) is 1. The van der Waals surface area contributed by atoms with Crippen molar-refractivity contribution < 1.29 is 24.2 Å². The fourth-order valence-electron chi connectivity index (χ4n) is 3.02. The van der Waals surface area contributed by atoms with Gasteiger partial charge in [0.1, 0.15) is 12.5 Å². The molecule has 0 saturated carbocycles. The number of hydrogen-bond acceptors (Lipinski definition) is 5. The number of nitrogens with zero attached hydrogens (tertiary/aromatic N) is 1. The molecule has 128 valence electrons. The summed E-state index contributed by atoms with van der Waals surface area (Å²) in [5.41, 5.74) is 1.01. The summed E-state index contributed by atoms with van der Waals surface area (Å²) in [5.74, 6) is -0.428. The SMILES string of the molecule is O=C(CN1CCC(C(=O)O)CC1)C1=COC=C(C2=CC=CCC2)O1. The predicted molar refractivity (Wildman–Crippen MR) is 86.6 cm³/mol. The summed E-state index contributed by atoms with van der Waals surface area (Å²) in [4.78, 5) is 25.4. The zero-order valence-electron chi connectivity index (χ0n) is 13.4. The number of carbonyl (C=O) groups is 2. The highest BCUT2D eigenvalue weighted by atomic mass is 16.5. The van der Waals surface area contributed by atoms with Gasteiger partial charge in [0.05, 0.1) is 12.5 Å². The summed E-state index contributed by atoms with van der Waals surface area (Å²) in [5, 5.41) is 9.02. The normalized spacial score (nSPS) is 21.9. The Morgan fingerprint density at radius 1 is 1.25 bits per heavy atom. The van der Waals surface area contributed by atoms with Gasteiger partial charge in [0.2, 0.25) is 11.5 Å². The Morgan fingerprint density at radius 2 is 2.04 bits per heavy atom. The molecule has 0 bridgehead atoms. The summed E-state index contributed by atoms with van der Waals surface area (Å²) < 4.78 is 11.0. The number of aliphatic carboxylic acids is 1. The molecule has 3 aliphatic rings. The Kier molecular flexibility index (Phi) is 5.15.